The summed E-state index contributed by atoms with van der Waals surface area (Å²) in [7, 11) is 0. The second kappa shape index (κ2) is 4.93. The van der Waals surface area contributed by atoms with E-state index in [0.717, 1.165) is 16.9 Å². The lowest BCUT2D eigenvalue weighted by Crippen LogP contribution is -1.94. The summed E-state index contributed by atoms with van der Waals surface area (Å²) in [4.78, 5) is 0. The Morgan fingerprint density at radius 1 is 0.944 bits per heavy atom. The summed E-state index contributed by atoms with van der Waals surface area (Å²) in [6.45, 7) is 6.18. The first-order valence-corrected chi connectivity index (χ1v) is 5.94. The molecule has 0 aromatic heterocycles. The maximum Gasteiger partial charge on any atom is 0.0991 e. The number of rotatable bonds is 2. The molecule has 0 aliphatic carbocycles. The van der Waals surface area contributed by atoms with Crippen LogP contribution in [0.1, 0.15) is 22.3 Å². The van der Waals surface area contributed by atoms with Crippen molar-refractivity contribution in [2.75, 3.05) is 5.32 Å². The molecule has 1 N–H and O–H groups in total. The average molecular weight is 236 g/mol. The van der Waals surface area contributed by atoms with E-state index in [-0.39, 0.29) is 0 Å². The zero-order chi connectivity index (χ0) is 13.1. The molecule has 0 heterocycles. The number of nitrogens with zero attached hydrogens (tertiary/aromatic N) is 1. The van der Waals surface area contributed by atoms with Crippen LogP contribution in [0.4, 0.5) is 11.4 Å². The van der Waals surface area contributed by atoms with E-state index in [2.05, 4.69) is 43.4 Å². The first-order chi connectivity index (χ1) is 8.58. The van der Waals surface area contributed by atoms with Crippen molar-refractivity contribution in [1.82, 2.24) is 0 Å². The molecule has 0 aliphatic rings. The van der Waals surface area contributed by atoms with Crippen molar-refractivity contribution in [2.24, 2.45) is 0 Å². The normalized spacial score (nSPS) is 9.89. The lowest BCUT2D eigenvalue weighted by atomic mass is 10.1. The Balaban J connectivity index is 2.31. The Hall–Kier alpha value is -2.27. The van der Waals surface area contributed by atoms with Gasteiger partial charge in [-0.2, -0.15) is 5.26 Å². The van der Waals surface area contributed by atoms with E-state index < -0.39 is 0 Å². The molecule has 0 saturated heterocycles. The summed E-state index contributed by atoms with van der Waals surface area (Å²) >= 11 is 0. The standard InChI is InChI=1S/C16H16N2/c1-11-6-12(2)8-15(7-11)18-16-5-4-14(10-17)9-13(16)3/h4-9,18H,1-3H3. The fraction of sp³-hybridized carbons (Fsp3) is 0.188. The maximum atomic E-state index is 8.85. The predicted octanol–water partition coefficient (Wildman–Crippen LogP) is 4.23. The number of benzene rings is 2. The molecule has 0 amide bonds. The molecule has 18 heavy (non-hydrogen) atoms. The van der Waals surface area contributed by atoms with Crippen LogP contribution >= 0.6 is 0 Å². The minimum absolute atomic E-state index is 0.693. The Morgan fingerprint density at radius 2 is 1.61 bits per heavy atom. The highest BCUT2D eigenvalue weighted by molar-refractivity contribution is 5.65. The van der Waals surface area contributed by atoms with Gasteiger partial charge in [0.15, 0.2) is 0 Å². The number of aryl methyl sites for hydroxylation is 3. The van der Waals surface area contributed by atoms with E-state index in [0.29, 0.717) is 5.56 Å². The molecular formula is C16H16N2. The van der Waals surface area contributed by atoms with E-state index in [1.807, 2.05) is 25.1 Å². The van der Waals surface area contributed by atoms with Crippen LogP contribution < -0.4 is 5.32 Å². The zero-order valence-electron chi connectivity index (χ0n) is 10.9. The van der Waals surface area contributed by atoms with Crippen molar-refractivity contribution < 1.29 is 0 Å². The molecule has 2 aromatic rings. The minimum atomic E-state index is 0.693. The Bertz CT molecular complexity index is 601. The first kappa shape index (κ1) is 12.2. The van der Waals surface area contributed by atoms with Crippen LogP contribution in [0.25, 0.3) is 0 Å². The van der Waals surface area contributed by atoms with E-state index in [1.165, 1.54) is 11.1 Å². The molecule has 2 aromatic carbocycles. The summed E-state index contributed by atoms with van der Waals surface area (Å²) in [6.07, 6.45) is 0. The second-order valence-electron chi connectivity index (χ2n) is 4.64. The second-order valence-corrected chi connectivity index (χ2v) is 4.64. The summed E-state index contributed by atoms with van der Waals surface area (Å²) < 4.78 is 0. The van der Waals surface area contributed by atoms with Crippen LogP contribution in [-0.4, -0.2) is 0 Å². The van der Waals surface area contributed by atoms with Gasteiger partial charge in [0, 0.05) is 11.4 Å². The molecule has 2 nitrogen and oxygen atoms in total. The maximum absolute atomic E-state index is 8.85. The van der Waals surface area contributed by atoms with Crippen molar-refractivity contribution in [3.8, 4) is 6.07 Å². The molecule has 2 heteroatoms. The molecule has 0 unspecified atom stereocenters. The van der Waals surface area contributed by atoms with Gasteiger partial charge in [0.1, 0.15) is 0 Å². The largest absolute Gasteiger partial charge is 0.355 e. The summed E-state index contributed by atoms with van der Waals surface area (Å²) in [6, 6.07) is 14.2. The summed E-state index contributed by atoms with van der Waals surface area (Å²) in [5.74, 6) is 0. The minimum Gasteiger partial charge on any atom is -0.355 e. The van der Waals surface area contributed by atoms with Crippen molar-refractivity contribution in [2.45, 2.75) is 20.8 Å². The highest BCUT2D eigenvalue weighted by atomic mass is 14.9. The molecule has 0 atom stereocenters. The Kier molecular flexibility index (Phi) is 3.34. The van der Waals surface area contributed by atoms with Gasteiger partial charge in [-0.3, -0.25) is 0 Å². The summed E-state index contributed by atoms with van der Waals surface area (Å²) in [5.41, 5.74) is 6.37. The highest BCUT2D eigenvalue weighted by Crippen LogP contribution is 2.23. The van der Waals surface area contributed by atoms with Gasteiger partial charge in [-0.1, -0.05) is 6.07 Å². The van der Waals surface area contributed by atoms with Gasteiger partial charge in [-0.15, -0.1) is 0 Å². The topological polar surface area (TPSA) is 35.8 Å². The SMILES string of the molecule is Cc1cc(C)cc(Nc2ccc(C#N)cc2C)c1. The number of nitriles is 1. The highest BCUT2D eigenvalue weighted by Gasteiger charge is 2.01. The fourth-order valence-electron chi connectivity index (χ4n) is 2.08. The molecule has 0 bridgehead atoms. The fourth-order valence-corrected chi connectivity index (χ4v) is 2.08. The van der Waals surface area contributed by atoms with Crippen LogP contribution in [0.3, 0.4) is 0 Å². The zero-order valence-corrected chi connectivity index (χ0v) is 10.9. The third-order valence-corrected chi connectivity index (χ3v) is 2.86. The molecule has 90 valence electrons. The number of anilines is 2. The van der Waals surface area contributed by atoms with Gasteiger partial charge in [0.05, 0.1) is 11.6 Å². The number of hydrogen-bond donors (Lipinski definition) is 1. The number of nitrogens with one attached hydrogen (secondary N) is 1. The smallest absolute Gasteiger partial charge is 0.0991 e. The van der Waals surface area contributed by atoms with Crippen molar-refractivity contribution in [3.05, 3.63) is 58.7 Å². The molecule has 0 aliphatic heterocycles. The lowest BCUT2D eigenvalue weighted by Gasteiger charge is -2.11. The third kappa shape index (κ3) is 2.70. The van der Waals surface area contributed by atoms with E-state index in [9.17, 15) is 0 Å². The molecule has 2 rings (SSSR count). The van der Waals surface area contributed by atoms with E-state index in [4.69, 9.17) is 5.26 Å². The first-order valence-electron chi connectivity index (χ1n) is 5.94. The van der Waals surface area contributed by atoms with Crippen LogP contribution in [0.15, 0.2) is 36.4 Å². The van der Waals surface area contributed by atoms with Gasteiger partial charge in [0.25, 0.3) is 0 Å². The van der Waals surface area contributed by atoms with Gasteiger partial charge in [0.2, 0.25) is 0 Å². The monoisotopic (exact) mass is 236 g/mol. The van der Waals surface area contributed by atoms with Crippen LogP contribution in [-0.2, 0) is 0 Å². The van der Waals surface area contributed by atoms with Gasteiger partial charge in [-0.25, -0.2) is 0 Å². The van der Waals surface area contributed by atoms with Crippen LogP contribution in [0.5, 0.6) is 0 Å². The van der Waals surface area contributed by atoms with Crippen molar-refractivity contribution >= 4 is 11.4 Å². The predicted molar refractivity (Wildman–Crippen MR) is 75.1 cm³/mol. The average Bonchev–Trinajstić information content (AvgIpc) is 2.30. The third-order valence-electron chi connectivity index (χ3n) is 2.86. The van der Waals surface area contributed by atoms with Crippen LogP contribution in [0.2, 0.25) is 0 Å². The number of hydrogen-bond acceptors (Lipinski definition) is 2. The van der Waals surface area contributed by atoms with E-state index >= 15 is 0 Å². The van der Waals surface area contributed by atoms with Crippen molar-refractivity contribution in [3.63, 3.8) is 0 Å². The van der Waals surface area contributed by atoms with E-state index in [1.54, 1.807) is 0 Å². The van der Waals surface area contributed by atoms with Gasteiger partial charge < -0.3 is 5.32 Å². The van der Waals surface area contributed by atoms with Crippen LogP contribution in [0, 0.1) is 32.1 Å². The Morgan fingerprint density at radius 3 is 2.17 bits per heavy atom. The molecule has 0 saturated carbocycles. The summed E-state index contributed by atoms with van der Waals surface area (Å²) in [5, 5.41) is 12.2. The Labute approximate surface area is 108 Å². The van der Waals surface area contributed by atoms with Gasteiger partial charge >= 0.3 is 0 Å². The lowest BCUT2D eigenvalue weighted by molar-refractivity contribution is 1.36. The molecule has 0 fully saturated rings. The van der Waals surface area contributed by atoms with Crippen molar-refractivity contribution in [1.29, 1.82) is 5.26 Å². The quantitative estimate of drug-likeness (QED) is 0.847. The van der Waals surface area contributed by atoms with Gasteiger partial charge in [-0.05, 0) is 67.8 Å². The molecule has 0 spiro atoms. The molecule has 0 radical (unpaired) electrons. The molecular weight excluding hydrogens is 220 g/mol.